The SMILES string of the molecule is CCOC(=O)CCC(=O)N(CCOC)CC(=O)O. The van der Waals surface area contributed by atoms with E-state index in [4.69, 9.17) is 9.84 Å². The Balaban J connectivity index is 4.19. The number of esters is 1. The first-order valence-electron chi connectivity index (χ1n) is 5.65. The van der Waals surface area contributed by atoms with Crippen LogP contribution in [0, 0.1) is 0 Å². The highest BCUT2D eigenvalue weighted by Crippen LogP contribution is 2.00. The average Bonchev–Trinajstić information content (AvgIpc) is 2.31. The molecular formula is C11H19NO6. The lowest BCUT2D eigenvalue weighted by molar-refractivity contribution is -0.147. The molecule has 0 fully saturated rings. The molecular weight excluding hydrogens is 242 g/mol. The zero-order valence-electron chi connectivity index (χ0n) is 10.7. The van der Waals surface area contributed by atoms with Crippen LogP contribution in [-0.2, 0) is 23.9 Å². The molecule has 0 aromatic heterocycles. The fraction of sp³-hybridized carbons (Fsp3) is 0.727. The van der Waals surface area contributed by atoms with Crippen molar-refractivity contribution in [2.24, 2.45) is 0 Å². The summed E-state index contributed by atoms with van der Waals surface area (Å²) in [6.45, 7) is 1.97. The highest BCUT2D eigenvalue weighted by Gasteiger charge is 2.17. The Kier molecular flexibility index (Phi) is 8.55. The van der Waals surface area contributed by atoms with E-state index < -0.39 is 24.4 Å². The lowest BCUT2D eigenvalue weighted by Crippen LogP contribution is -2.38. The van der Waals surface area contributed by atoms with E-state index in [0.717, 1.165) is 4.90 Å². The van der Waals surface area contributed by atoms with Crippen LogP contribution in [0.25, 0.3) is 0 Å². The van der Waals surface area contributed by atoms with Crippen LogP contribution in [0.2, 0.25) is 0 Å². The first-order chi connectivity index (χ1) is 8.51. The third-order valence-electron chi connectivity index (χ3n) is 2.09. The molecule has 1 amide bonds. The molecule has 0 saturated heterocycles. The van der Waals surface area contributed by atoms with Crippen molar-refractivity contribution in [2.75, 3.05) is 33.4 Å². The van der Waals surface area contributed by atoms with Gasteiger partial charge in [0.2, 0.25) is 5.91 Å². The third-order valence-corrected chi connectivity index (χ3v) is 2.09. The van der Waals surface area contributed by atoms with E-state index in [0.29, 0.717) is 0 Å². The van der Waals surface area contributed by atoms with Crippen LogP contribution < -0.4 is 0 Å². The largest absolute Gasteiger partial charge is 0.480 e. The number of hydrogen-bond donors (Lipinski definition) is 1. The molecule has 18 heavy (non-hydrogen) atoms. The fourth-order valence-electron chi connectivity index (χ4n) is 1.26. The van der Waals surface area contributed by atoms with Crippen molar-refractivity contribution >= 4 is 17.8 Å². The molecule has 0 aliphatic carbocycles. The number of aliphatic carboxylic acids is 1. The summed E-state index contributed by atoms with van der Waals surface area (Å²) in [4.78, 5) is 34.5. The van der Waals surface area contributed by atoms with Gasteiger partial charge in [-0.15, -0.1) is 0 Å². The van der Waals surface area contributed by atoms with E-state index in [1.54, 1.807) is 6.92 Å². The van der Waals surface area contributed by atoms with Crippen molar-refractivity contribution < 1.29 is 29.0 Å². The van der Waals surface area contributed by atoms with Crippen molar-refractivity contribution in [1.82, 2.24) is 4.90 Å². The smallest absolute Gasteiger partial charge is 0.323 e. The number of amides is 1. The number of carbonyl (C=O) groups is 3. The summed E-state index contributed by atoms with van der Waals surface area (Å²) in [6.07, 6.45) is -0.106. The molecule has 7 nitrogen and oxygen atoms in total. The zero-order chi connectivity index (χ0) is 14.0. The Morgan fingerprint density at radius 1 is 1.22 bits per heavy atom. The number of ether oxygens (including phenoxy) is 2. The maximum absolute atomic E-state index is 11.7. The van der Waals surface area contributed by atoms with Crippen LogP contribution in [0.5, 0.6) is 0 Å². The maximum atomic E-state index is 11.7. The van der Waals surface area contributed by atoms with Crippen LogP contribution in [-0.4, -0.2) is 61.3 Å². The summed E-state index contributed by atoms with van der Waals surface area (Å²) in [5, 5.41) is 8.67. The Morgan fingerprint density at radius 3 is 2.39 bits per heavy atom. The van der Waals surface area contributed by atoms with E-state index in [-0.39, 0.29) is 32.6 Å². The molecule has 0 radical (unpaired) electrons. The second-order valence-corrected chi connectivity index (χ2v) is 3.51. The molecule has 0 rings (SSSR count). The minimum Gasteiger partial charge on any atom is -0.480 e. The quantitative estimate of drug-likeness (QED) is 0.582. The van der Waals surface area contributed by atoms with E-state index in [2.05, 4.69) is 4.74 Å². The summed E-state index contributed by atoms with van der Waals surface area (Å²) in [6, 6.07) is 0. The molecule has 1 N–H and O–H groups in total. The van der Waals surface area contributed by atoms with Crippen molar-refractivity contribution in [2.45, 2.75) is 19.8 Å². The van der Waals surface area contributed by atoms with Crippen LogP contribution in [0.15, 0.2) is 0 Å². The summed E-state index contributed by atoms with van der Waals surface area (Å²) in [5.74, 6) is -1.97. The lowest BCUT2D eigenvalue weighted by Gasteiger charge is -2.20. The molecule has 0 aliphatic heterocycles. The van der Waals surface area contributed by atoms with Gasteiger partial charge >= 0.3 is 11.9 Å². The number of carboxylic acid groups (broad SMARTS) is 1. The van der Waals surface area contributed by atoms with Crippen LogP contribution in [0.1, 0.15) is 19.8 Å². The van der Waals surface area contributed by atoms with Gasteiger partial charge in [-0.2, -0.15) is 0 Å². The van der Waals surface area contributed by atoms with Gasteiger partial charge in [-0.25, -0.2) is 0 Å². The number of methoxy groups -OCH3 is 1. The molecule has 0 saturated carbocycles. The molecule has 7 heteroatoms. The molecule has 0 aromatic rings. The maximum Gasteiger partial charge on any atom is 0.323 e. The summed E-state index contributed by atoms with van der Waals surface area (Å²) >= 11 is 0. The van der Waals surface area contributed by atoms with Gasteiger partial charge in [-0.1, -0.05) is 0 Å². The standard InChI is InChI=1S/C11H19NO6/c1-3-18-11(16)5-4-9(13)12(6-7-17-2)8-10(14)15/h3-8H2,1-2H3,(H,14,15). The minimum absolute atomic E-state index is 0.0459. The molecule has 0 aliphatic rings. The minimum atomic E-state index is -1.10. The van der Waals surface area contributed by atoms with Gasteiger partial charge in [0, 0.05) is 20.1 Å². The second-order valence-electron chi connectivity index (χ2n) is 3.51. The molecule has 0 unspecified atom stereocenters. The topological polar surface area (TPSA) is 93.1 Å². The molecule has 104 valence electrons. The summed E-state index contributed by atoms with van der Waals surface area (Å²) in [5.41, 5.74) is 0. The van der Waals surface area contributed by atoms with Crippen molar-refractivity contribution in [1.29, 1.82) is 0 Å². The highest BCUT2D eigenvalue weighted by molar-refractivity contribution is 5.84. The highest BCUT2D eigenvalue weighted by atomic mass is 16.5. The second kappa shape index (κ2) is 9.41. The van der Waals surface area contributed by atoms with Crippen molar-refractivity contribution in [3.63, 3.8) is 0 Å². The molecule has 0 aromatic carbocycles. The van der Waals surface area contributed by atoms with E-state index in [1.165, 1.54) is 7.11 Å². The van der Waals surface area contributed by atoms with E-state index >= 15 is 0 Å². The van der Waals surface area contributed by atoms with E-state index in [9.17, 15) is 14.4 Å². The summed E-state index contributed by atoms with van der Waals surface area (Å²) < 4.78 is 9.47. The predicted molar refractivity (Wildman–Crippen MR) is 62.0 cm³/mol. The lowest BCUT2D eigenvalue weighted by atomic mass is 10.2. The van der Waals surface area contributed by atoms with Gasteiger partial charge in [-0.3, -0.25) is 14.4 Å². The number of rotatable bonds is 9. The number of nitrogens with zero attached hydrogens (tertiary/aromatic N) is 1. The van der Waals surface area contributed by atoms with Gasteiger partial charge < -0.3 is 19.5 Å². The Bertz CT molecular complexity index is 291. The Hall–Kier alpha value is -1.63. The Labute approximate surface area is 106 Å². The van der Waals surface area contributed by atoms with Gasteiger partial charge in [0.15, 0.2) is 0 Å². The fourth-order valence-corrected chi connectivity index (χ4v) is 1.26. The zero-order valence-corrected chi connectivity index (χ0v) is 10.7. The average molecular weight is 261 g/mol. The normalized spacial score (nSPS) is 9.89. The molecule has 0 atom stereocenters. The first kappa shape index (κ1) is 16.4. The molecule has 0 spiro atoms. The van der Waals surface area contributed by atoms with Crippen molar-refractivity contribution in [3.8, 4) is 0 Å². The third kappa shape index (κ3) is 7.61. The van der Waals surface area contributed by atoms with Crippen LogP contribution >= 0.6 is 0 Å². The number of hydrogen-bond acceptors (Lipinski definition) is 5. The van der Waals surface area contributed by atoms with E-state index in [1.807, 2.05) is 0 Å². The van der Waals surface area contributed by atoms with Crippen molar-refractivity contribution in [3.05, 3.63) is 0 Å². The van der Waals surface area contributed by atoms with Gasteiger partial charge in [0.05, 0.1) is 19.6 Å². The molecule has 0 bridgehead atoms. The predicted octanol–water partition coefficient (Wildman–Crippen LogP) is -0.111. The number of carboxylic acids is 1. The monoisotopic (exact) mass is 261 g/mol. The molecule has 0 heterocycles. The van der Waals surface area contributed by atoms with Gasteiger partial charge in [0.1, 0.15) is 6.54 Å². The van der Waals surface area contributed by atoms with Gasteiger partial charge in [0.25, 0.3) is 0 Å². The van der Waals surface area contributed by atoms with Crippen LogP contribution in [0.3, 0.4) is 0 Å². The first-order valence-corrected chi connectivity index (χ1v) is 5.65. The number of carbonyl (C=O) groups excluding carboxylic acids is 2. The Morgan fingerprint density at radius 2 is 1.89 bits per heavy atom. The van der Waals surface area contributed by atoms with Crippen LogP contribution in [0.4, 0.5) is 0 Å². The van der Waals surface area contributed by atoms with Gasteiger partial charge in [-0.05, 0) is 6.92 Å². The summed E-state index contributed by atoms with van der Waals surface area (Å²) in [7, 11) is 1.46.